The topological polar surface area (TPSA) is 60.9 Å². The first-order valence-electron chi connectivity index (χ1n) is 10.9. The zero-order chi connectivity index (χ0) is 22.3. The highest BCUT2D eigenvalue weighted by atomic mass is 32.1. The monoisotopic (exact) mass is 452 g/mol. The average molecular weight is 453 g/mol. The molecule has 0 unspecified atom stereocenters. The van der Waals surface area contributed by atoms with E-state index in [2.05, 4.69) is 9.88 Å². The summed E-state index contributed by atoms with van der Waals surface area (Å²) in [5.41, 5.74) is 4.31. The number of rotatable bonds is 9. The van der Waals surface area contributed by atoms with Gasteiger partial charge in [0.1, 0.15) is 0 Å². The van der Waals surface area contributed by atoms with Gasteiger partial charge in [-0.3, -0.25) is 4.98 Å². The van der Waals surface area contributed by atoms with Gasteiger partial charge in [0, 0.05) is 28.5 Å². The summed E-state index contributed by atoms with van der Waals surface area (Å²) in [7, 11) is 1.67. The van der Waals surface area contributed by atoms with Crippen molar-refractivity contribution in [3.8, 4) is 11.5 Å². The van der Waals surface area contributed by atoms with Crippen LogP contribution in [-0.4, -0.2) is 30.8 Å². The van der Waals surface area contributed by atoms with Gasteiger partial charge in [0.25, 0.3) is 0 Å². The SMILES string of the molecule is CCOC(=O)c1ccc(N(Cc2cncs2)c2ccc(OC)c(OC3CCCC3)c2)cc1. The van der Waals surface area contributed by atoms with E-state index in [0.29, 0.717) is 18.7 Å². The Balaban J connectivity index is 1.66. The molecule has 2 aromatic carbocycles. The molecule has 0 bridgehead atoms. The van der Waals surface area contributed by atoms with Gasteiger partial charge < -0.3 is 19.1 Å². The second kappa shape index (κ2) is 10.5. The second-order valence-corrected chi connectivity index (χ2v) is 8.65. The number of anilines is 2. The van der Waals surface area contributed by atoms with Crippen molar-refractivity contribution >= 4 is 28.7 Å². The molecule has 6 nitrogen and oxygen atoms in total. The smallest absolute Gasteiger partial charge is 0.338 e. The first-order valence-corrected chi connectivity index (χ1v) is 11.8. The number of benzene rings is 2. The Morgan fingerprint density at radius 2 is 1.84 bits per heavy atom. The third kappa shape index (κ3) is 5.22. The first-order chi connectivity index (χ1) is 15.7. The summed E-state index contributed by atoms with van der Waals surface area (Å²) in [6.45, 7) is 2.81. The van der Waals surface area contributed by atoms with Gasteiger partial charge in [-0.05, 0) is 69.0 Å². The van der Waals surface area contributed by atoms with Crippen molar-refractivity contribution in [2.75, 3.05) is 18.6 Å². The van der Waals surface area contributed by atoms with Crippen LogP contribution in [0.25, 0.3) is 0 Å². The summed E-state index contributed by atoms with van der Waals surface area (Å²) in [4.78, 5) is 19.6. The lowest BCUT2D eigenvalue weighted by Gasteiger charge is -2.26. The number of methoxy groups -OCH3 is 1. The van der Waals surface area contributed by atoms with Crippen LogP contribution in [0.3, 0.4) is 0 Å². The number of esters is 1. The molecule has 0 N–H and O–H groups in total. The molecule has 7 heteroatoms. The normalized spacial score (nSPS) is 13.7. The number of ether oxygens (including phenoxy) is 3. The lowest BCUT2D eigenvalue weighted by molar-refractivity contribution is 0.0526. The van der Waals surface area contributed by atoms with Crippen molar-refractivity contribution in [3.05, 3.63) is 64.6 Å². The molecule has 4 rings (SSSR count). The molecule has 1 aliphatic carbocycles. The molecule has 0 amide bonds. The largest absolute Gasteiger partial charge is 0.493 e. The molecule has 32 heavy (non-hydrogen) atoms. The molecule has 1 saturated carbocycles. The van der Waals surface area contributed by atoms with E-state index in [0.717, 1.165) is 40.6 Å². The van der Waals surface area contributed by atoms with Gasteiger partial charge in [-0.1, -0.05) is 0 Å². The van der Waals surface area contributed by atoms with Crippen LogP contribution in [0.5, 0.6) is 11.5 Å². The fourth-order valence-corrected chi connectivity index (χ4v) is 4.49. The van der Waals surface area contributed by atoms with E-state index in [1.165, 1.54) is 12.8 Å². The standard InChI is InChI=1S/C25H28N2O4S/c1-3-30-25(28)18-8-10-19(11-9-18)27(16-22-15-26-17-32-22)20-12-13-23(29-2)24(14-20)31-21-6-4-5-7-21/h8-15,17,21H,3-7,16H2,1-2H3. The van der Waals surface area contributed by atoms with E-state index >= 15 is 0 Å². The van der Waals surface area contributed by atoms with Crippen LogP contribution < -0.4 is 14.4 Å². The van der Waals surface area contributed by atoms with Crippen molar-refractivity contribution in [2.45, 2.75) is 45.3 Å². The second-order valence-electron chi connectivity index (χ2n) is 7.68. The predicted octanol–water partition coefficient (Wildman–Crippen LogP) is 5.99. The van der Waals surface area contributed by atoms with Crippen molar-refractivity contribution in [1.29, 1.82) is 0 Å². The lowest BCUT2D eigenvalue weighted by Crippen LogP contribution is -2.17. The van der Waals surface area contributed by atoms with Crippen molar-refractivity contribution in [3.63, 3.8) is 0 Å². The van der Waals surface area contributed by atoms with E-state index in [4.69, 9.17) is 14.2 Å². The molecule has 1 aromatic heterocycles. The van der Waals surface area contributed by atoms with Gasteiger partial charge in [0.05, 0.1) is 37.4 Å². The summed E-state index contributed by atoms with van der Waals surface area (Å²) in [5.74, 6) is 1.18. The Labute approximate surface area is 192 Å². The van der Waals surface area contributed by atoms with Crippen LogP contribution in [0.15, 0.2) is 54.2 Å². The number of carbonyl (C=O) groups is 1. The molecule has 3 aromatic rings. The maximum absolute atomic E-state index is 12.1. The van der Waals surface area contributed by atoms with Gasteiger partial charge >= 0.3 is 5.97 Å². The van der Waals surface area contributed by atoms with Gasteiger partial charge in [0.15, 0.2) is 11.5 Å². The minimum Gasteiger partial charge on any atom is -0.493 e. The van der Waals surface area contributed by atoms with Crippen LogP contribution in [-0.2, 0) is 11.3 Å². The van der Waals surface area contributed by atoms with Crippen LogP contribution in [0.4, 0.5) is 11.4 Å². The predicted molar refractivity (Wildman–Crippen MR) is 126 cm³/mol. The van der Waals surface area contributed by atoms with Crippen LogP contribution in [0, 0.1) is 0 Å². The van der Waals surface area contributed by atoms with E-state index in [9.17, 15) is 4.79 Å². The quantitative estimate of drug-likeness (QED) is 0.372. The zero-order valence-corrected chi connectivity index (χ0v) is 19.3. The molecule has 0 aliphatic heterocycles. The highest BCUT2D eigenvalue weighted by molar-refractivity contribution is 7.09. The molecule has 0 spiro atoms. The number of thiazole rings is 1. The summed E-state index contributed by atoms with van der Waals surface area (Å²) < 4.78 is 17.0. The van der Waals surface area contributed by atoms with E-state index in [1.54, 1.807) is 37.5 Å². The highest BCUT2D eigenvalue weighted by Crippen LogP contribution is 2.38. The average Bonchev–Trinajstić information content (AvgIpc) is 3.52. The Morgan fingerprint density at radius 3 is 2.50 bits per heavy atom. The Bertz CT molecular complexity index is 1010. The minimum atomic E-state index is -0.315. The number of hydrogen-bond acceptors (Lipinski definition) is 7. The lowest BCUT2D eigenvalue weighted by atomic mass is 10.1. The number of nitrogens with zero attached hydrogens (tertiary/aromatic N) is 2. The molecule has 1 fully saturated rings. The Kier molecular flexibility index (Phi) is 7.27. The molecule has 0 radical (unpaired) electrons. The summed E-state index contributed by atoms with van der Waals surface area (Å²) in [5, 5.41) is 0. The molecule has 168 valence electrons. The van der Waals surface area contributed by atoms with Gasteiger partial charge in [-0.2, -0.15) is 0 Å². The summed E-state index contributed by atoms with van der Waals surface area (Å²) >= 11 is 1.61. The third-order valence-electron chi connectivity index (χ3n) is 5.54. The van der Waals surface area contributed by atoms with Gasteiger partial charge in [0.2, 0.25) is 0 Å². The third-order valence-corrected chi connectivity index (χ3v) is 6.31. The van der Waals surface area contributed by atoms with E-state index < -0.39 is 0 Å². The van der Waals surface area contributed by atoms with Crippen LogP contribution >= 0.6 is 11.3 Å². The number of aromatic nitrogens is 1. The number of hydrogen-bond donors (Lipinski definition) is 0. The molecule has 1 aliphatic rings. The fourth-order valence-electron chi connectivity index (χ4n) is 3.91. The molecule has 0 saturated heterocycles. The van der Waals surface area contributed by atoms with Crippen molar-refractivity contribution in [2.24, 2.45) is 0 Å². The Hall–Kier alpha value is -3.06. The number of carbonyl (C=O) groups excluding carboxylic acids is 1. The molecule has 0 atom stereocenters. The van der Waals surface area contributed by atoms with Gasteiger partial charge in [-0.25, -0.2) is 4.79 Å². The fraction of sp³-hybridized carbons (Fsp3) is 0.360. The maximum atomic E-state index is 12.1. The van der Waals surface area contributed by atoms with Crippen LogP contribution in [0.1, 0.15) is 47.8 Å². The molecular formula is C25H28N2O4S. The van der Waals surface area contributed by atoms with Crippen molar-refractivity contribution < 1.29 is 19.0 Å². The molecule has 1 heterocycles. The van der Waals surface area contributed by atoms with Crippen LogP contribution in [0.2, 0.25) is 0 Å². The van der Waals surface area contributed by atoms with E-state index in [-0.39, 0.29) is 12.1 Å². The molecular weight excluding hydrogens is 424 g/mol. The van der Waals surface area contributed by atoms with Gasteiger partial charge in [-0.15, -0.1) is 11.3 Å². The first kappa shape index (κ1) is 22.1. The van der Waals surface area contributed by atoms with E-state index in [1.807, 2.05) is 42.0 Å². The zero-order valence-electron chi connectivity index (χ0n) is 18.5. The summed E-state index contributed by atoms with van der Waals surface area (Å²) in [6, 6.07) is 13.5. The summed E-state index contributed by atoms with van der Waals surface area (Å²) in [6.07, 6.45) is 6.68. The van der Waals surface area contributed by atoms with Crippen molar-refractivity contribution in [1.82, 2.24) is 4.98 Å². The highest BCUT2D eigenvalue weighted by Gasteiger charge is 2.20. The minimum absolute atomic E-state index is 0.234. The maximum Gasteiger partial charge on any atom is 0.338 e. The Morgan fingerprint density at radius 1 is 1.09 bits per heavy atom.